The zero-order chi connectivity index (χ0) is 15.2. The molecule has 1 atom stereocenters. The van der Waals surface area contributed by atoms with Crippen molar-refractivity contribution in [2.24, 2.45) is 0 Å². The fraction of sp³-hybridized carbons (Fsp3) is 0.235. The Morgan fingerprint density at radius 1 is 1.24 bits per heavy atom. The van der Waals surface area contributed by atoms with E-state index in [0.29, 0.717) is 6.54 Å². The monoisotopic (exact) mass is 285 g/mol. The van der Waals surface area contributed by atoms with Crippen molar-refractivity contribution >= 4 is 16.7 Å². The van der Waals surface area contributed by atoms with Gasteiger partial charge in [-0.1, -0.05) is 36.4 Å². The van der Waals surface area contributed by atoms with Crippen LogP contribution in [0.25, 0.3) is 10.8 Å². The minimum absolute atomic E-state index is 0.327. The number of hydrogen-bond donors (Lipinski definition) is 1. The third kappa shape index (κ3) is 3.06. The molecule has 0 spiro atoms. The van der Waals surface area contributed by atoms with Crippen LogP contribution >= 0.6 is 0 Å². The molecule has 0 aromatic heterocycles. The summed E-state index contributed by atoms with van der Waals surface area (Å²) in [6.45, 7) is 4.18. The van der Waals surface area contributed by atoms with E-state index >= 15 is 0 Å². The van der Waals surface area contributed by atoms with Gasteiger partial charge in [0.05, 0.1) is 14.2 Å². The van der Waals surface area contributed by atoms with Crippen LogP contribution in [0.15, 0.2) is 49.1 Å². The standard InChI is InChI=1S/C17H19NO3/c1-4-11-18-16(17(19)21-3)14-9-10-15(20-2)13-8-6-5-7-12(13)14/h4-10,16,18H,1,11H2,2-3H3. The van der Waals surface area contributed by atoms with Gasteiger partial charge in [0.25, 0.3) is 0 Å². The van der Waals surface area contributed by atoms with Gasteiger partial charge in [-0.25, -0.2) is 4.79 Å². The molecule has 0 fully saturated rings. The fourth-order valence-electron chi connectivity index (χ4n) is 2.36. The Morgan fingerprint density at radius 3 is 2.57 bits per heavy atom. The van der Waals surface area contributed by atoms with Crippen molar-refractivity contribution in [1.29, 1.82) is 0 Å². The topological polar surface area (TPSA) is 47.6 Å². The first-order chi connectivity index (χ1) is 10.2. The van der Waals surface area contributed by atoms with Gasteiger partial charge in [0.2, 0.25) is 0 Å². The van der Waals surface area contributed by atoms with Gasteiger partial charge in [-0.3, -0.25) is 5.32 Å². The number of fused-ring (bicyclic) bond motifs is 1. The van der Waals surface area contributed by atoms with E-state index in [1.807, 2.05) is 36.4 Å². The minimum atomic E-state index is -0.538. The van der Waals surface area contributed by atoms with E-state index in [9.17, 15) is 4.79 Å². The van der Waals surface area contributed by atoms with Crippen LogP contribution in [0.1, 0.15) is 11.6 Å². The minimum Gasteiger partial charge on any atom is -0.496 e. The molecule has 1 unspecified atom stereocenters. The maximum absolute atomic E-state index is 12.1. The molecular weight excluding hydrogens is 266 g/mol. The van der Waals surface area contributed by atoms with E-state index in [1.54, 1.807) is 13.2 Å². The summed E-state index contributed by atoms with van der Waals surface area (Å²) in [6, 6.07) is 11.0. The summed E-state index contributed by atoms with van der Waals surface area (Å²) in [5, 5.41) is 5.06. The summed E-state index contributed by atoms with van der Waals surface area (Å²) in [6.07, 6.45) is 1.71. The second kappa shape index (κ2) is 6.90. The highest BCUT2D eigenvalue weighted by atomic mass is 16.5. The van der Waals surface area contributed by atoms with Crippen LogP contribution in [-0.2, 0) is 9.53 Å². The largest absolute Gasteiger partial charge is 0.496 e. The molecule has 1 N–H and O–H groups in total. The molecule has 0 heterocycles. The smallest absolute Gasteiger partial charge is 0.327 e. The number of methoxy groups -OCH3 is 2. The summed E-state index contributed by atoms with van der Waals surface area (Å²) >= 11 is 0. The lowest BCUT2D eigenvalue weighted by atomic mass is 9.98. The fourth-order valence-corrected chi connectivity index (χ4v) is 2.36. The first-order valence-corrected chi connectivity index (χ1v) is 6.70. The number of ether oxygens (including phenoxy) is 2. The molecule has 0 aliphatic rings. The van der Waals surface area contributed by atoms with E-state index < -0.39 is 6.04 Å². The Balaban J connectivity index is 2.57. The number of nitrogens with one attached hydrogen (secondary N) is 1. The lowest BCUT2D eigenvalue weighted by molar-refractivity contribution is -0.143. The lowest BCUT2D eigenvalue weighted by Gasteiger charge is -2.19. The van der Waals surface area contributed by atoms with Gasteiger partial charge < -0.3 is 9.47 Å². The molecular formula is C17H19NO3. The summed E-state index contributed by atoms with van der Waals surface area (Å²) in [4.78, 5) is 12.1. The third-order valence-corrected chi connectivity index (χ3v) is 3.35. The van der Waals surface area contributed by atoms with Crippen molar-refractivity contribution in [3.05, 3.63) is 54.6 Å². The van der Waals surface area contributed by atoms with Gasteiger partial charge in [0.15, 0.2) is 0 Å². The van der Waals surface area contributed by atoms with E-state index in [0.717, 1.165) is 22.1 Å². The van der Waals surface area contributed by atoms with Crippen molar-refractivity contribution in [2.75, 3.05) is 20.8 Å². The maximum Gasteiger partial charge on any atom is 0.327 e. The number of benzene rings is 2. The van der Waals surface area contributed by atoms with Crippen molar-refractivity contribution in [1.82, 2.24) is 5.32 Å². The highest BCUT2D eigenvalue weighted by Gasteiger charge is 2.23. The Labute approximate surface area is 124 Å². The van der Waals surface area contributed by atoms with Gasteiger partial charge in [-0.05, 0) is 17.0 Å². The Kier molecular flexibility index (Phi) is 4.95. The van der Waals surface area contributed by atoms with E-state index in [2.05, 4.69) is 11.9 Å². The number of carbonyl (C=O) groups is 1. The molecule has 0 saturated carbocycles. The molecule has 0 saturated heterocycles. The number of rotatable bonds is 6. The molecule has 0 aliphatic heterocycles. The van der Waals surface area contributed by atoms with E-state index in [-0.39, 0.29) is 5.97 Å². The molecule has 110 valence electrons. The summed E-state index contributed by atoms with van der Waals surface area (Å²) in [7, 11) is 3.02. The zero-order valence-corrected chi connectivity index (χ0v) is 12.3. The van der Waals surface area contributed by atoms with Crippen molar-refractivity contribution in [3.8, 4) is 5.75 Å². The molecule has 0 radical (unpaired) electrons. The van der Waals surface area contributed by atoms with Crippen LogP contribution < -0.4 is 10.1 Å². The molecule has 2 aromatic carbocycles. The Hall–Kier alpha value is -2.33. The second-order valence-corrected chi connectivity index (χ2v) is 4.56. The zero-order valence-electron chi connectivity index (χ0n) is 12.3. The summed E-state index contributed by atoms with van der Waals surface area (Å²) < 4.78 is 10.3. The normalized spacial score (nSPS) is 11.9. The van der Waals surface area contributed by atoms with Gasteiger partial charge in [-0.2, -0.15) is 0 Å². The summed E-state index contributed by atoms with van der Waals surface area (Å²) in [5.74, 6) is 0.453. The van der Waals surface area contributed by atoms with Crippen molar-refractivity contribution in [3.63, 3.8) is 0 Å². The average molecular weight is 285 g/mol. The lowest BCUT2D eigenvalue weighted by Crippen LogP contribution is -2.29. The van der Waals surface area contributed by atoms with E-state index in [1.165, 1.54) is 7.11 Å². The molecule has 21 heavy (non-hydrogen) atoms. The van der Waals surface area contributed by atoms with Gasteiger partial charge in [0.1, 0.15) is 11.8 Å². The van der Waals surface area contributed by atoms with Crippen LogP contribution in [0.2, 0.25) is 0 Å². The number of carbonyl (C=O) groups excluding carboxylic acids is 1. The third-order valence-electron chi connectivity index (χ3n) is 3.35. The molecule has 0 aliphatic carbocycles. The predicted octanol–water partition coefficient (Wildman–Crippen LogP) is 2.84. The van der Waals surface area contributed by atoms with Crippen molar-refractivity contribution in [2.45, 2.75) is 6.04 Å². The van der Waals surface area contributed by atoms with Crippen LogP contribution in [-0.4, -0.2) is 26.7 Å². The Bertz CT molecular complexity index is 652. The first-order valence-electron chi connectivity index (χ1n) is 6.70. The molecule has 0 bridgehead atoms. The van der Waals surface area contributed by atoms with Gasteiger partial charge in [0, 0.05) is 11.9 Å². The molecule has 4 heteroatoms. The molecule has 4 nitrogen and oxygen atoms in total. The first kappa shape index (κ1) is 15.1. The average Bonchev–Trinajstić information content (AvgIpc) is 2.54. The predicted molar refractivity (Wildman–Crippen MR) is 83.5 cm³/mol. The molecule has 0 amide bonds. The molecule has 2 rings (SSSR count). The second-order valence-electron chi connectivity index (χ2n) is 4.56. The van der Waals surface area contributed by atoms with Crippen LogP contribution in [0.4, 0.5) is 0 Å². The highest BCUT2D eigenvalue weighted by Crippen LogP contribution is 2.31. The van der Waals surface area contributed by atoms with E-state index in [4.69, 9.17) is 9.47 Å². The van der Waals surface area contributed by atoms with Gasteiger partial charge >= 0.3 is 5.97 Å². The maximum atomic E-state index is 12.1. The highest BCUT2D eigenvalue weighted by molar-refractivity contribution is 5.94. The van der Waals surface area contributed by atoms with Gasteiger partial charge in [-0.15, -0.1) is 6.58 Å². The van der Waals surface area contributed by atoms with Crippen molar-refractivity contribution < 1.29 is 14.3 Å². The number of esters is 1. The summed E-state index contributed by atoms with van der Waals surface area (Å²) in [5.41, 5.74) is 0.861. The quantitative estimate of drug-likeness (QED) is 0.655. The molecule has 2 aromatic rings. The number of hydrogen-bond acceptors (Lipinski definition) is 4. The van der Waals surface area contributed by atoms with Crippen LogP contribution in [0, 0.1) is 0 Å². The van der Waals surface area contributed by atoms with Crippen LogP contribution in [0.5, 0.6) is 5.75 Å². The SMILES string of the molecule is C=CCNC(C(=O)OC)c1ccc(OC)c2ccccc12. The Morgan fingerprint density at radius 2 is 1.95 bits per heavy atom. The van der Waals surface area contributed by atoms with Crippen LogP contribution in [0.3, 0.4) is 0 Å².